The Morgan fingerprint density at radius 3 is 2.81 bits per heavy atom. The first-order valence-corrected chi connectivity index (χ1v) is 4.85. The molecular formula is C10H11N3O3. The molecule has 2 aromatic heterocycles. The molecule has 0 amide bonds. The second kappa shape index (κ2) is 3.48. The molecule has 16 heavy (non-hydrogen) atoms. The van der Waals surface area contributed by atoms with E-state index in [1.807, 2.05) is 0 Å². The maximum atomic E-state index is 12.0. The predicted octanol–water partition coefficient (Wildman–Crippen LogP) is 0.844. The Kier molecular flexibility index (Phi) is 2.26. The molecular weight excluding hydrogens is 210 g/mol. The Balaban J connectivity index is 2.92. The van der Waals surface area contributed by atoms with E-state index in [1.54, 1.807) is 26.1 Å². The lowest BCUT2D eigenvalue weighted by molar-refractivity contribution is 0.0688. The van der Waals surface area contributed by atoms with Crippen molar-refractivity contribution in [1.29, 1.82) is 0 Å². The zero-order valence-electron chi connectivity index (χ0n) is 8.89. The molecule has 2 rings (SSSR count). The highest BCUT2D eigenvalue weighted by Gasteiger charge is 2.20. The molecule has 0 bridgehead atoms. The summed E-state index contributed by atoms with van der Waals surface area (Å²) < 4.78 is 1.24. The summed E-state index contributed by atoms with van der Waals surface area (Å²) in [6.07, 6.45) is 1.54. The number of carbonyl (C=O) groups is 1. The molecule has 2 heterocycles. The van der Waals surface area contributed by atoms with Gasteiger partial charge in [0.15, 0.2) is 11.3 Å². The van der Waals surface area contributed by atoms with Crippen LogP contribution in [0.2, 0.25) is 0 Å². The molecule has 0 spiro atoms. The van der Waals surface area contributed by atoms with Crippen LogP contribution < -0.4 is 5.56 Å². The number of aromatic carboxylic acids is 1. The van der Waals surface area contributed by atoms with Gasteiger partial charge in [0.2, 0.25) is 0 Å². The molecule has 0 aromatic carbocycles. The summed E-state index contributed by atoms with van der Waals surface area (Å²) in [5, 5.41) is 11.7. The normalized spacial score (nSPS) is 11.2. The van der Waals surface area contributed by atoms with Crippen LogP contribution in [0.4, 0.5) is 0 Å². The molecule has 0 aliphatic heterocycles. The predicted molar refractivity (Wildman–Crippen MR) is 56.9 cm³/mol. The lowest BCUT2D eigenvalue weighted by atomic mass is 10.0. The van der Waals surface area contributed by atoms with E-state index in [0.717, 1.165) is 0 Å². The smallest absolute Gasteiger partial charge is 0.355 e. The van der Waals surface area contributed by atoms with Crippen LogP contribution in [-0.2, 0) is 0 Å². The van der Waals surface area contributed by atoms with Crippen molar-refractivity contribution in [3.05, 3.63) is 33.9 Å². The maximum absolute atomic E-state index is 12.0. The van der Waals surface area contributed by atoms with Crippen molar-refractivity contribution in [1.82, 2.24) is 14.6 Å². The molecule has 2 aromatic rings. The molecule has 0 radical (unpaired) electrons. The van der Waals surface area contributed by atoms with Crippen molar-refractivity contribution >= 4 is 11.6 Å². The van der Waals surface area contributed by atoms with Crippen LogP contribution in [-0.4, -0.2) is 25.7 Å². The van der Waals surface area contributed by atoms with Crippen LogP contribution in [0.15, 0.2) is 17.1 Å². The standard InChI is InChI=1S/C10H11N3O3/c1-5(2)7-8(10(15)16)12-6-3-4-11-13(6)9(7)14/h3-5,11H,1-2H3,(H,15,16). The third-order valence-corrected chi connectivity index (χ3v) is 2.36. The van der Waals surface area contributed by atoms with Crippen LogP contribution in [0, 0.1) is 0 Å². The minimum Gasteiger partial charge on any atom is -0.476 e. The monoisotopic (exact) mass is 221 g/mol. The van der Waals surface area contributed by atoms with E-state index in [-0.39, 0.29) is 22.7 Å². The summed E-state index contributed by atoms with van der Waals surface area (Å²) in [6.45, 7) is 3.53. The first kappa shape index (κ1) is 10.4. The van der Waals surface area contributed by atoms with E-state index in [4.69, 9.17) is 5.11 Å². The van der Waals surface area contributed by atoms with E-state index in [9.17, 15) is 9.59 Å². The molecule has 0 aliphatic carbocycles. The van der Waals surface area contributed by atoms with Gasteiger partial charge in [-0.15, -0.1) is 0 Å². The van der Waals surface area contributed by atoms with Crippen molar-refractivity contribution in [3.8, 4) is 0 Å². The Bertz CT molecular complexity index is 609. The van der Waals surface area contributed by atoms with Crippen molar-refractivity contribution < 1.29 is 9.90 Å². The Morgan fingerprint density at radius 2 is 2.25 bits per heavy atom. The van der Waals surface area contributed by atoms with Crippen LogP contribution >= 0.6 is 0 Å². The minimum atomic E-state index is -1.18. The number of rotatable bonds is 2. The molecule has 2 N–H and O–H groups in total. The highest BCUT2D eigenvalue weighted by Crippen LogP contribution is 2.14. The lowest BCUT2D eigenvalue weighted by Gasteiger charge is -2.08. The lowest BCUT2D eigenvalue weighted by Crippen LogP contribution is -2.25. The fraction of sp³-hybridized carbons (Fsp3) is 0.300. The molecule has 6 heteroatoms. The first-order chi connectivity index (χ1) is 7.52. The molecule has 0 saturated heterocycles. The summed E-state index contributed by atoms with van der Waals surface area (Å²) in [7, 11) is 0. The average Bonchev–Trinajstić information content (AvgIpc) is 2.64. The number of aromatic amines is 1. The van der Waals surface area contributed by atoms with Crippen molar-refractivity contribution in [2.75, 3.05) is 0 Å². The fourth-order valence-electron chi connectivity index (χ4n) is 1.66. The number of nitrogens with zero attached hydrogens (tertiary/aromatic N) is 2. The Labute approximate surface area is 90.5 Å². The van der Waals surface area contributed by atoms with Gasteiger partial charge in [0.25, 0.3) is 5.56 Å². The number of carboxylic acids is 1. The quantitative estimate of drug-likeness (QED) is 0.786. The van der Waals surface area contributed by atoms with Crippen LogP contribution in [0.3, 0.4) is 0 Å². The largest absolute Gasteiger partial charge is 0.476 e. The number of fused-ring (bicyclic) bond motifs is 1. The molecule has 84 valence electrons. The first-order valence-electron chi connectivity index (χ1n) is 4.85. The SMILES string of the molecule is CC(C)c1c(C(=O)O)nc2cc[nH]n2c1=O. The third-order valence-electron chi connectivity index (χ3n) is 2.36. The number of hydrogen-bond donors (Lipinski definition) is 2. The number of carboxylic acid groups (broad SMARTS) is 1. The number of H-pyrrole nitrogens is 1. The van der Waals surface area contributed by atoms with Crippen molar-refractivity contribution in [3.63, 3.8) is 0 Å². The van der Waals surface area contributed by atoms with Gasteiger partial charge in [-0.2, -0.15) is 0 Å². The van der Waals surface area contributed by atoms with Gasteiger partial charge >= 0.3 is 5.97 Å². The molecule has 0 unspecified atom stereocenters. The average molecular weight is 221 g/mol. The van der Waals surface area contributed by atoms with E-state index >= 15 is 0 Å². The van der Waals surface area contributed by atoms with Gasteiger partial charge in [0.05, 0.1) is 5.56 Å². The van der Waals surface area contributed by atoms with Gasteiger partial charge in [-0.1, -0.05) is 13.8 Å². The van der Waals surface area contributed by atoms with Crippen molar-refractivity contribution in [2.24, 2.45) is 0 Å². The number of nitrogens with one attached hydrogen (secondary N) is 1. The van der Waals surface area contributed by atoms with Crippen LogP contribution in [0.1, 0.15) is 35.8 Å². The van der Waals surface area contributed by atoms with Gasteiger partial charge in [-0.3, -0.25) is 9.89 Å². The molecule has 0 fully saturated rings. The van der Waals surface area contributed by atoms with E-state index in [0.29, 0.717) is 5.65 Å². The number of aromatic nitrogens is 3. The zero-order valence-corrected chi connectivity index (χ0v) is 8.89. The van der Waals surface area contributed by atoms with Gasteiger partial charge in [-0.05, 0) is 5.92 Å². The van der Waals surface area contributed by atoms with Gasteiger partial charge in [0.1, 0.15) is 0 Å². The number of hydrogen-bond acceptors (Lipinski definition) is 3. The highest BCUT2D eigenvalue weighted by molar-refractivity contribution is 5.87. The summed E-state index contributed by atoms with van der Waals surface area (Å²) in [4.78, 5) is 27.0. The van der Waals surface area contributed by atoms with Crippen molar-refractivity contribution in [2.45, 2.75) is 19.8 Å². The molecule has 0 aliphatic rings. The molecule has 6 nitrogen and oxygen atoms in total. The summed E-state index contributed by atoms with van der Waals surface area (Å²) >= 11 is 0. The Hall–Kier alpha value is -2.11. The zero-order chi connectivity index (χ0) is 11.9. The second-order valence-corrected chi connectivity index (χ2v) is 3.80. The van der Waals surface area contributed by atoms with Crippen LogP contribution in [0.5, 0.6) is 0 Å². The summed E-state index contributed by atoms with van der Waals surface area (Å²) in [5.74, 6) is -1.37. The molecule has 0 saturated carbocycles. The van der Waals surface area contributed by atoms with E-state index in [1.165, 1.54) is 4.52 Å². The van der Waals surface area contributed by atoms with Gasteiger partial charge < -0.3 is 5.11 Å². The van der Waals surface area contributed by atoms with Gasteiger partial charge in [-0.25, -0.2) is 14.3 Å². The minimum absolute atomic E-state index is 0.167. The topological polar surface area (TPSA) is 87.5 Å². The summed E-state index contributed by atoms with van der Waals surface area (Å²) in [6, 6.07) is 1.55. The molecule has 0 atom stereocenters. The highest BCUT2D eigenvalue weighted by atomic mass is 16.4. The second-order valence-electron chi connectivity index (χ2n) is 3.80. The maximum Gasteiger partial charge on any atom is 0.355 e. The van der Waals surface area contributed by atoms with Crippen LogP contribution in [0.25, 0.3) is 5.65 Å². The van der Waals surface area contributed by atoms with E-state index < -0.39 is 5.97 Å². The van der Waals surface area contributed by atoms with E-state index in [2.05, 4.69) is 10.1 Å². The summed E-state index contributed by atoms with van der Waals surface area (Å²) in [5.41, 5.74) is 0.00116. The fourth-order valence-corrected chi connectivity index (χ4v) is 1.66. The van der Waals surface area contributed by atoms with Gasteiger partial charge in [0, 0.05) is 12.3 Å². The third kappa shape index (κ3) is 1.39. The Morgan fingerprint density at radius 1 is 1.56 bits per heavy atom.